The van der Waals surface area contributed by atoms with E-state index in [4.69, 9.17) is 4.74 Å². The largest absolute Gasteiger partial charge is 0.478 e. The fourth-order valence-electron chi connectivity index (χ4n) is 2.26. The van der Waals surface area contributed by atoms with Gasteiger partial charge in [0.15, 0.2) is 11.5 Å². The van der Waals surface area contributed by atoms with Gasteiger partial charge in [0.05, 0.1) is 12.3 Å². The molecule has 2 heterocycles. The topological polar surface area (TPSA) is 74.0 Å². The number of aromatic nitrogens is 4. The Balaban J connectivity index is 1.86. The molecule has 1 N–H and O–H groups in total. The van der Waals surface area contributed by atoms with Crippen molar-refractivity contribution < 1.29 is 9.53 Å². The van der Waals surface area contributed by atoms with Crippen LogP contribution in [0.15, 0.2) is 48.7 Å². The number of anilines is 1. The quantitative estimate of drug-likeness (QED) is 0.756. The summed E-state index contributed by atoms with van der Waals surface area (Å²) in [6, 6.07) is 12.9. The van der Waals surface area contributed by atoms with Crippen molar-refractivity contribution >= 4 is 11.7 Å². The minimum atomic E-state index is -0.327. The lowest BCUT2D eigenvalue weighted by molar-refractivity contribution is 0.102. The fourth-order valence-corrected chi connectivity index (χ4v) is 2.26. The third-order valence-electron chi connectivity index (χ3n) is 3.41. The number of carbonyl (C=O) groups excluding carboxylic acids is 1. The zero-order chi connectivity index (χ0) is 16.9. The zero-order valence-corrected chi connectivity index (χ0v) is 13.6. The van der Waals surface area contributed by atoms with E-state index < -0.39 is 0 Å². The van der Waals surface area contributed by atoms with Crippen LogP contribution in [0.5, 0.6) is 5.88 Å². The van der Waals surface area contributed by atoms with Crippen molar-refractivity contribution in [2.45, 2.75) is 20.4 Å². The summed E-state index contributed by atoms with van der Waals surface area (Å²) in [5.74, 6) is 0.689. The molecule has 0 aliphatic rings. The number of benzene rings is 1. The highest BCUT2D eigenvalue weighted by molar-refractivity contribution is 6.02. The van der Waals surface area contributed by atoms with E-state index >= 15 is 0 Å². The Labute approximate surface area is 139 Å². The molecule has 1 aromatic carbocycles. The smallest absolute Gasteiger partial charge is 0.277 e. The Bertz CT molecular complexity index is 823. The van der Waals surface area contributed by atoms with E-state index in [1.165, 1.54) is 0 Å². The van der Waals surface area contributed by atoms with Gasteiger partial charge in [-0.1, -0.05) is 18.2 Å². The Kier molecular flexibility index (Phi) is 4.60. The maximum absolute atomic E-state index is 12.4. The van der Waals surface area contributed by atoms with Gasteiger partial charge in [-0.2, -0.15) is 10.2 Å². The number of para-hydroxylation sites is 1. The van der Waals surface area contributed by atoms with Crippen LogP contribution < -0.4 is 10.1 Å². The van der Waals surface area contributed by atoms with Crippen LogP contribution in [0.4, 0.5) is 5.82 Å². The van der Waals surface area contributed by atoms with Gasteiger partial charge in [0, 0.05) is 24.9 Å². The highest BCUT2D eigenvalue weighted by atomic mass is 16.5. The number of hydrogen-bond acceptors (Lipinski definition) is 4. The van der Waals surface area contributed by atoms with Crippen LogP contribution in [0, 0.1) is 0 Å². The summed E-state index contributed by atoms with van der Waals surface area (Å²) in [5, 5.41) is 11.3. The molecule has 24 heavy (non-hydrogen) atoms. The Morgan fingerprint density at radius 2 is 1.96 bits per heavy atom. The van der Waals surface area contributed by atoms with Crippen LogP contribution in [0.25, 0.3) is 5.69 Å². The molecule has 0 bridgehead atoms. The van der Waals surface area contributed by atoms with Gasteiger partial charge in [-0.3, -0.25) is 9.48 Å². The van der Waals surface area contributed by atoms with Gasteiger partial charge in [0.2, 0.25) is 5.88 Å². The first kappa shape index (κ1) is 15.8. The molecule has 2 aromatic heterocycles. The lowest BCUT2D eigenvalue weighted by Gasteiger charge is -2.06. The van der Waals surface area contributed by atoms with Crippen molar-refractivity contribution in [1.82, 2.24) is 19.6 Å². The lowest BCUT2D eigenvalue weighted by atomic mass is 10.3. The van der Waals surface area contributed by atoms with Crippen molar-refractivity contribution in [3.63, 3.8) is 0 Å². The highest BCUT2D eigenvalue weighted by Crippen LogP contribution is 2.20. The molecule has 7 heteroatoms. The SMILES string of the molecule is CCOc1cc(C(=O)Nc2ccn(CC)n2)nn1-c1ccccc1. The van der Waals surface area contributed by atoms with Crippen molar-refractivity contribution in [2.24, 2.45) is 0 Å². The molecule has 0 spiro atoms. The molecular weight excluding hydrogens is 306 g/mol. The van der Waals surface area contributed by atoms with Gasteiger partial charge >= 0.3 is 0 Å². The number of amides is 1. The number of nitrogens with one attached hydrogen (secondary N) is 1. The molecule has 0 saturated carbocycles. The first-order valence-corrected chi connectivity index (χ1v) is 7.84. The van der Waals surface area contributed by atoms with Crippen LogP contribution in [-0.4, -0.2) is 32.1 Å². The fraction of sp³-hybridized carbons (Fsp3) is 0.235. The minimum absolute atomic E-state index is 0.272. The standard InChI is InChI=1S/C17H19N5O2/c1-3-21-11-10-15(20-21)18-17(23)14-12-16(24-4-2)22(19-14)13-8-6-5-7-9-13/h5-12H,3-4H2,1-2H3,(H,18,20,23). The Hall–Kier alpha value is -3.09. The second-order valence-corrected chi connectivity index (χ2v) is 5.06. The third kappa shape index (κ3) is 3.29. The second-order valence-electron chi connectivity index (χ2n) is 5.06. The summed E-state index contributed by atoms with van der Waals surface area (Å²) in [6.07, 6.45) is 1.81. The number of nitrogens with zero attached hydrogens (tertiary/aromatic N) is 4. The molecular formula is C17H19N5O2. The first-order valence-electron chi connectivity index (χ1n) is 7.84. The molecule has 0 aliphatic carbocycles. The number of rotatable bonds is 6. The molecule has 0 saturated heterocycles. The molecule has 3 rings (SSSR count). The van der Waals surface area contributed by atoms with Crippen molar-refractivity contribution in [2.75, 3.05) is 11.9 Å². The number of carbonyl (C=O) groups is 1. The maximum atomic E-state index is 12.4. The van der Waals surface area contributed by atoms with Crippen molar-refractivity contribution in [1.29, 1.82) is 0 Å². The monoisotopic (exact) mass is 325 g/mol. The van der Waals surface area contributed by atoms with Crippen molar-refractivity contribution in [3.05, 3.63) is 54.4 Å². The summed E-state index contributed by atoms with van der Waals surface area (Å²) >= 11 is 0. The van der Waals surface area contributed by atoms with Crippen molar-refractivity contribution in [3.8, 4) is 11.6 Å². The van der Waals surface area contributed by atoms with E-state index in [1.807, 2.05) is 50.4 Å². The van der Waals surface area contributed by atoms with Gasteiger partial charge < -0.3 is 10.1 Å². The van der Waals surface area contributed by atoms with E-state index in [0.29, 0.717) is 18.3 Å². The van der Waals surface area contributed by atoms with E-state index in [2.05, 4.69) is 15.5 Å². The molecule has 0 aliphatic heterocycles. The maximum Gasteiger partial charge on any atom is 0.277 e. The van der Waals surface area contributed by atoms with Crippen LogP contribution in [0.1, 0.15) is 24.3 Å². The summed E-state index contributed by atoms with van der Waals surface area (Å²) < 4.78 is 8.95. The molecule has 0 atom stereocenters. The van der Waals surface area contributed by atoms with Gasteiger partial charge in [0.25, 0.3) is 5.91 Å². The molecule has 1 amide bonds. The molecule has 124 valence electrons. The Morgan fingerprint density at radius 1 is 1.17 bits per heavy atom. The second kappa shape index (κ2) is 6.99. The summed E-state index contributed by atoms with van der Waals surface area (Å²) in [4.78, 5) is 12.4. The lowest BCUT2D eigenvalue weighted by Crippen LogP contribution is -2.14. The summed E-state index contributed by atoms with van der Waals surface area (Å²) in [6.45, 7) is 5.10. The van der Waals surface area contributed by atoms with Crippen LogP contribution in [0.2, 0.25) is 0 Å². The van der Waals surface area contributed by atoms with Gasteiger partial charge in [0.1, 0.15) is 0 Å². The average molecular weight is 325 g/mol. The normalized spacial score (nSPS) is 10.6. The van der Waals surface area contributed by atoms with E-state index in [-0.39, 0.29) is 11.6 Å². The molecule has 0 radical (unpaired) electrons. The van der Waals surface area contributed by atoms with Crippen LogP contribution in [0.3, 0.4) is 0 Å². The third-order valence-corrected chi connectivity index (χ3v) is 3.41. The first-order chi connectivity index (χ1) is 11.7. The molecule has 0 unspecified atom stereocenters. The minimum Gasteiger partial charge on any atom is -0.478 e. The molecule has 0 fully saturated rings. The summed E-state index contributed by atoms with van der Waals surface area (Å²) in [5.41, 5.74) is 1.10. The van der Waals surface area contributed by atoms with E-state index in [0.717, 1.165) is 12.2 Å². The summed E-state index contributed by atoms with van der Waals surface area (Å²) in [7, 11) is 0. The zero-order valence-electron chi connectivity index (χ0n) is 13.6. The molecule has 7 nitrogen and oxygen atoms in total. The molecule has 3 aromatic rings. The van der Waals surface area contributed by atoms with Crippen LogP contribution in [-0.2, 0) is 6.54 Å². The average Bonchev–Trinajstić information content (AvgIpc) is 3.23. The Morgan fingerprint density at radius 3 is 2.62 bits per heavy atom. The van der Waals surface area contributed by atoms with Crippen LogP contribution >= 0.6 is 0 Å². The predicted octanol–water partition coefficient (Wildman–Crippen LogP) is 2.74. The predicted molar refractivity (Wildman–Crippen MR) is 90.6 cm³/mol. The van der Waals surface area contributed by atoms with Gasteiger partial charge in [-0.15, -0.1) is 0 Å². The highest BCUT2D eigenvalue weighted by Gasteiger charge is 2.17. The van der Waals surface area contributed by atoms with E-state index in [9.17, 15) is 4.79 Å². The van der Waals surface area contributed by atoms with E-state index in [1.54, 1.807) is 21.5 Å². The number of ether oxygens (including phenoxy) is 1. The van der Waals surface area contributed by atoms with Gasteiger partial charge in [-0.25, -0.2) is 4.68 Å². The number of aryl methyl sites for hydroxylation is 1. The number of hydrogen-bond donors (Lipinski definition) is 1. The van der Waals surface area contributed by atoms with Gasteiger partial charge in [-0.05, 0) is 26.0 Å².